The second-order valence-corrected chi connectivity index (χ2v) is 19.3. The van der Waals surface area contributed by atoms with Crippen molar-refractivity contribution in [2.24, 2.45) is 0 Å². The Bertz CT molecular complexity index is 3430. The predicted molar refractivity (Wildman–Crippen MR) is 247 cm³/mol. The Morgan fingerprint density at radius 1 is 0.368 bits per heavy atom. The highest BCUT2D eigenvalue weighted by atomic mass is 14.4. The molecule has 0 heterocycles. The Hall–Kier alpha value is -5.98. The highest BCUT2D eigenvalue weighted by Crippen LogP contribution is 2.58. The lowest BCUT2D eigenvalue weighted by Gasteiger charge is -2.26. The van der Waals surface area contributed by atoms with Crippen LogP contribution in [0.1, 0.15) is 81.8 Å². The van der Waals surface area contributed by atoms with Gasteiger partial charge in [0.1, 0.15) is 0 Å². The van der Waals surface area contributed by atoms with Gasteiger partial charge >= 0.3 is 0 Å². The second-order valence-electron chi connectivity index (χ2n) is 19.3. The van der Waals surface area contributed by atoms with Crippen LogP contribution in [0.3, 0.4) is 0 Å². The maximum Gasteiger partial charge on any atom is 0.0159 e. The summed E-state index contributed by atoms with van der Waals surface area (Å²) in [6.07, 6.45) is 0. The Labute approximate surface area is 335 Å². The van der Waals surface area contributed by atoms with Crippen LogP contribution in [0.2, 0.25) is 0 Å². The zero-order valence-electron chi connectivity index (χ0n) is 34.2. The van der Waals surface area contributed by atoms with E-state index in [2.05, 4.69) is 189 Å². The van der Waals surface area contributed by atoms with Gasteiger partial charge in [-0.3, -0.25) is 0 Å². The van der Waals surface area contributed by atoms with Gasteiger partial charge in [-0.1, -0.05) is 146 Å². The van der Waals surface area contributed by atoms with E-state index in [9.17, 15) is 0 Å². The lowest BCUT2D eigenvalue weighted by Crippen LogP contribution is -2.17. The fourth-order valence-electron chi connectivity index (χ4n) is 11.4. The fraction of sp³-hybridized carbons (Fsp3) is 0.193. The smallest absolute Gasteiger partial charge is 0.0159 e. The predicted octanol–water partition coefficient (Wildman–Crippen LogP) is 15.9. The topological polar surface area (TPSA) is 0 Å². The van der Waals surface area contributed by atoms with Gasteiger partial charge in [0.25, 0.3) is 0 Å². The van der Waals surface area contributed by atoms with Gasteiger partial charge in [-0.2, -0.15) is 0 Å². The van der Waals surface area contributed by atoms with Gasteiger partial charge in [0.15, 0.2) is 0 Å². The average molecular weight is 731 g/mol. The molecule has 57 heavy (non-hydrogen) atoms. The molecule has 0 bridgehead atoms. The molecule has 0 amide bonds. The summed E-state index contributed by atoms with van der Waals surface area (Å²) in [6, 6.07) is 52.0. The average Bonchev–Trinajstić information content (AvgIpc) is 3.56. The first-order valence-corrected chi connectivity index (χ1v) is 20.8. The van der Waals surface area contributed by atoms with E-state index in [-0.39, 0.29) is 16.2 Å². The first-order chi connectivity index (χ1) is 27.3. The summed E-state index contributed by atoms with van der Waals surface area (Å²) >= 11 is 0. The second kappa shape index (κ2) is 10.7. The van der Waals surface area contributed by atoms with Crippen LogP contribution in [0.5, 0.6) is 0 Å². The van der Waals surface area contributed by atoms with Crippen LogP contribution >= 0.6 is 0 Å². The zero-order valence-corrected chi connectivity index (χ0v) is 34.2. The molecule has 0 heteroatoms. The summed E-state index contributed by atoms with van der Waals surface area (Å²) in [5.74, 6) is 0. The standard InChI is InChI=1S/C57H46/c1-31-17-18-32-19-22-40-34(23-24-41-48(55(2,3)4)27-42(31)53(32)54(40)41)33-20-21-39-46-29-52-47(30-51(46)56(5,6)49(39)25-33)45-26-43-37-15-11-9-13-35(37)36-14-10-12-16-38(36)44(43)28-50(45)57(52,7)8/h9-30H,1-8H3. The van der Waals surface area contributed by atoms with E-state index in [0.717, 1.165) is 0 Å². The van der Waals surface area contributed by atoms with E-state index in [0.29, 0.717) is 0 Å². The van der Waals surface area contributed by atoms with Crippen molar-refractivity contribution >= 4 is 64.6 Å². The van der Waals surface area contributed by atoms with Gasteiger partial charge in [-0.05, 0) is 180 Å². The molecule has 0 radical (unpaired) electrons. The molecule has 0 saturated carbocycles. The summed E-state index contributed by atoms with van der Waals surface area (Å²) in [6.45, 7) is 19.1. The van der Waals surface area contributed by atoms with Gasteiger partial charge in [0.05, 0.1) is 0 Å². The summed E-state index contributed by atoms with van der Waals surface area (Å²) in [7, 11) is 0. The lowest BCUT2D eigenvalue weighted by molar-refractivity contribution is 0.596. The van der Waals surface area contributed by atoms with E-state index in [4.69, 9.17) is 0 Å². The highest BCUT2D eigenvalue weighted by Gasteiger charge is 2.42. The van der Waals surface area contributed by atoms with E-state index >= 15 is 0 Å². The minimum absolute atomic E-state index is 0.0323. The Morgan fingerprint density at radius 2 is 0.877 bits per heavy atom. The van der Waals surface area contributed by atoms with Gasteiger partial charge in [0, 0.05) is 10.8 Å². The number of benzene rings is 10. The van der Waals surface area contributed by atoms with E-state index in [1.54, 1.807) is 0 Å². The number of fused-ring (bicyclic) bond motifs is 12. The molecule has 12 rings (SSSR count). The molecule has 0 saturated heterocycles. The molecule has 0 nitrogen and oxygen atoms in total. The number of hydrogen-bond donors (Lipinski definition) is 0. The molecular weight excluding hydrogens is 685 g/mol. The molecule has 2 aliphatic rings. The molecule has 0 fully saturated rings. The van der Waals surface area contributed by atoms with Crippen LogP contribution in [-0.2, 0) is 16.2 Å². The van der Waals surface area contributed by atoms with Crippen molar-refractivity contribution in [2.45, 2.75) is 71.6 Å². The number of rotatable bonds is 1. The minimum Gasteiger partial charge on any atom is -0.0616 e. The molecular formula is C57H46. The third kappa shape index (κ3) is 4.18. The lowest BCUT2D eigenvalue weighted by atomic mass is 9.78. The van der Waals surface area contributed by atoms with Crippen LogP contribution in [0, 0.1) is 6.92 Å². The maximum atomic E-state index is 2.57. The summed E-state index contributed by atoms with van der Waals surface area (Å²) in [5, 5.41) is 16.3. The Balaban J connectivity index is 1.05. The van der Waals surface area contributed by atoms with Crippen molar-refractivity contribution in [3.8, 4) is 33.4 Å². The van der Waals surface area contributed by atoms with Crippen molar-refractivity contribution < 1.29 is 0 Å². The normalized spacial score (nSPS) is 15.3. The van der Waals surface area contributed by atoms with Crippen LogP contribution in [0.15, 0.2) is 133 Å². The van der Waals surface area contributed by atoms with Crippen LogP contribution in [-0.4, -0.2) is 0 Å². The number of hydrogen-bond acceptors (Lipinski definition) is 0. The zero-order chi connectivity index (χ0) is 38.9. The monoisotopic (exact) mass is 730 g/mol. The molecule has 2 aliphatic carbocycles. The minimum atomic E-state index is -0.150. The highest BCUT2D eigenvalue weighted by molar-refractivity contribution is 6.28. The summed E-state index contributed by atoms with van der Waals surface area (Å²) in [5.41, 5.74) is 16.4. The quantitative estimate of drug-likeness (QED) is 0.148. The van der Waals surface area contributed by atoms with Crippen molar-refractivity contribution in [1.82, 2.24) is 0 Å². The van der Waals surface area contributed by atoms with Crippen molar-refractivity contribution in [3.05, 3.63) is 167 Å². The van der Waals surface area contributed by atoms with Crippen LogP contribution in [0.4, 0.5) is 0 Å². The first-order valence-electron chi connectivity index (χ1n) is 20.8. The first kappa shape index (κ1) is 33.2. The fourth-order valence-corrected chi connectivity index (χ4v) is 11.4. The van der Waals surface area contributed by atoms with Crippen molar-refractivity contribution in [3.63, 3.8) is 0 Å². The van der Waals surface area contributed by atoms with E-state index in [1.807, 2.05) is 0 Å². The Kier molecular flexibility index (Phi) is 6.23. The van der Waals surface area contributed by atoms with Gasteiger partial charge in [0.2, 0.25) is 0 Å². The van der Waals surface area contributed by atoms with Gasteiger partial charge in [-0.15, -0.1) is 0 Å². The molecule has 0 spiro atoms. The van der Waals surface area contributed by atoms with Crippen molar-refractivity contribution in [1.29, 1.82) is 0 Å². The molecule has 0 aromatic heterocycles. The third-order valence-corrected chi connectivity index (χ3v) is 14.5. The Morgan fingerprint density at radius 3 is 1.53 bits per heavy atom. The van der Waals surface area contributed by atoms with E-state index in [1.165, 1.54) is 131 Å². The molecule has 0 atom stereocenters. The molecule has 10 aromatic carbocycles. The maximum absolute atomic E-state index is 2.57. The number of aryl methyl sites for hydroxylation is 1. The van der Waals surface area contributed by atoms with E-state index < -0.39 is 0 Å². The molecule has 0 aliphatic heterocycles. The van der Waals surface area contributed by atoms with Crippen LogP contribution in [0.25, 0.3) is 98.0 Å². The molecule has 274 valence electrons. The summed E-state index contributed by atoms with van der Waals surface area (Å²) in [4.78, 5) is 0. The van der Waals surface area contributed by atoms with Crippen molar-refractivity contribution in [2.75, 3.05) is 0 Å². The SMILES string of the molecule is Cc1ccc2ccc3c(-c4ccc5c(c4)C(C)(C)c4cc6c(cc4-5)C(C)(C)c4cc5c7ccccc7c7ccccc7c5cc4-6)ccc4c(C(C)(C)C)cc1c2c34. The van der Waals surface area contributed by atoms with Gasteiger partial charge < -0.3 is 0 Å². The van der Waals surface area contributed by atoms with Gasteiger partial charge in [-0.25, -0.2) is 0 Å². The molecule has 10 aromatic rings. The molecule has 0 unspecified atom stereocenters. The third-order valence-electron chi connectivity index (χ3n) is 14.5. The van der Waals surface area contributed by atoms with Crippen LogP contribution < -0.4 is 0 Å². The largest absolute Gasteiger partial charge is 0.0616 e. The molecule has 0 N–H and O–H groups in total. The summed E-state index contributed by atoms with van der Waals surface area (Å²) < 4.78 is 0.